The lowest BCUT2D eigenvalue weighted by molar-refractivity contribution is 0.612. The van der Waals surface area contributed by atoms with E-state index in [1.54, 1.807) is 10.7 Å². The first-order valence-electron chi connectivity index (χ1n) is 7.21. The van der Waals surface area contributed by atoms with E-state index in [4.69, 9.17) is 23.2 Å². The molecular formula is C17H11BrCl2N4. The third kappa shape index (κ3) is 2.83. The second kappa shape index (κ2) is 6.24. The zero-order valence-corrected chi connectivity index (χ0v) is 15.3. The summed E-state index contributed by atoms with van der Waals surface area (Å²) in [5, 5.41) is 8.83. The van der Waals surface area contributed by atoms with Gasteiger partial charge in [-0.2, -0.15) is 10.1 Å². The summed E-state index contributed by atoms with van der Waals surface area (Å²) in [6.45, 7) is 0. The Bertz CT molecular complexity index is 934. The number of hydrogen-bond acceptors (Lipinski definition) is 3. The molecule has 0 saturated carbocycles. The lowest BCUT2D eigenvalue weighted by Crippen LogP contribution is -2.20. The van der Waals surface area contributed by atoms with Crippen LogP contribution in [0.15, 0.2) is 59.3 Å². The Labute approximate surface area is 157 Å². The minimum Gasteiger partial charge on any atom is -0.324 e. The first-order valence-corrected chi connectivity index (χ1v) is 8.76. The Hall–Kier alpha value is -1.82. The summed E-state index contributed by atoms with van der Waals surface area (Å²) < 4.78 is 2.83. The van der Waals surface area contributed by atoms with E-state index in [2.05, 4.69) is 37.4 Å². The van der Waals surface area contributed by atoms with Crippen molar-refractivity contribution in [2.45, 2.75) is 6.04 Å². The standard InChI is InChI=1S/C17H11BrCl2N4/c18-11-3-1-10(2-4-11)15-8-16(24-17(23-15)21-9-22-24)13-6-5-12(19)7-14(13)20/h1-9,16H,(H,21,22,23)/t16-/m0/s1. The lowest BCUT2D eigenvalue weighted by Gasteiger charge is -2.25. The second-order valence-electron chi connectivity index (χ2n) is 5.35. The lowest BCUT2D eigenvalue weighted by atomic mass is 10.0. The van der Waals surface area contributed by atoms with Crippen molar-refractivity contribution >= 4 is 50.8 Å². The fraction of sp³-hybridized carbons (Fsp3) is 0.0588. The van der Waals surface area contributed by atoms with Crippen LogP contribution in [-0.4, -0.2) is 14.8 Å². The number of rotatable bonds is 2. The average molecular weight is 422 g/mol. The van der Waals surface area contributed by atoms with Crippen molar-refractivity contribution in [3.8, 4) is 0 Å². The molecular weight excluding hydrogens is 411 g/mol. The summed E-state index contributed by atoms with van der Waals surface area (Å²) in [6.07, 6.45) is 3.61. The van der Waals surface area contributed by atoms with Crippen LogP contribution in [-0.2, 0) is 0 Å². The van der Waals surface area contributed by atoms with Crippen LogP contribution in [0.1, 0.15) is 17.2 Å². The molecule has 1 atom stereocenters. The van der Waals surface area contributed by atoms with Gasteiger partial charge in [-0.1, -0.05) is 57.3 Å². The van der Waals surface area contributed by atoms with E-state index in [1.807, 2.05) is 36.4 Å². The van der Waals surface area contributed by atoms with Gasteiger partial charge in [0.2, 0.25) is 5.95 Å². The largest absolute Gasteiger partial charge is 0.324 e. The molecule has 2 heterocycles. The SMILES string of the molecule is Clc1ccc([C@@H]2C=C(c3ccc(Br)cc3)Nc3ncnn32)c(Cl)c1. The van der Waals surface area contributed by atoms with Gasteiger partial charge in [0.1, 0.15) is 12.4 Å². The zero-order valence-electron chi connectivity index (χ0n) is 12.2. The Morgan fingerprint density at radius 2 is 1.88 bits per heavy atom. The molecule has 0 spiro atoms. The predicted octanol–water partition coefficient (Wildman–Crippen LogP) is 5.40. The molecule has 120 valence electrons. The third-order valence-corrected chi connectivity index (χ3v) is 4.94. The Morgan fingerprint density at radius 1 is 1.08 bits per heavy atom. The van der Waals surface area contributed by atoms with Crippen molar-refractivity contribution in [2.24, 2.45) is 0 Å². The molecule has 0 bridgehead atoms. The number of nitrogens with one attached hydrogen (secondary N) is 1. The minimum atomic E-state index is -0.160. The summed E-state index contributed by atoms with van der Waals surface area (Å²) in [5.74, 6) is 0.673. The number of nitrogens with zero attached hydrogens (tertiary/aromatic N) is 3. The average Bonchev–Trinajstić information content (AvgIpc) is 3.03. The van der Waals surface area contributed by atoms with Crippen molar-refractivity contribution in [3.05, 3.63) is 80.5 Å². The van der Waals surface area contributed by atoms with E-state index in [0.717, 1.165) is 21.3 Å². The molecule has 4 nitrogen and oxygen atoms in total. The molecule has 4 rings (SSSR count). The normalized spacial score (nSPS) is 16.3. The van der Waals surface area contributed by atoms with Gasteiger partial charge in [0.05, 0.1) is 0 Å². The highest BCUT2D eigenvalue weighted by atomic mass is 79.9. The molecule has 1 aromatic heterocycles. The fourth-order valence-corrected chi connectivity index (χ4v) is 3.48. The number of hydrogen-bond donors (Lipinski definition) is 1. The Morgan fingerprint density at radius 3 is 2.62 bits per heavy atom. The summed E-state index contributed by atoms with van der Waals surface area (Å²) in [7, 11) is 0. The Kier molecular flexibility index (Phi) is 4.08. The van der Waals surface area contributed by atoms with Gasteiger partial charge in [0.25, 0.3) is 0 Å². The summed E-state index contributed by atoms with van der Waals surface area (Å²) in [6, 6.07) is 13.4. The van der Waals surface area contributed by atoms with Crippen LogP contribution in [0.2, 0.25) is 10.0 Å². The van der Waals surface area contributed by atoms with Gasteiger partial charge < -0.3 is 5.32 Å². The molecule has 0 amide bonds. The highest BCUT2D eigenvalue weighted by Gasteiger charge is 2.25. The molecule has 3 aromatic rings. The first kappa shape index (κ1) is 15.7. The van der Waals surface area contributed by atoms with E-state index in [1.165, 1.54) is 6.33 Å². The van der Waals surface area contributed by atoms with Gasteiger partial charge in [0.15, 0.2) is 0 Å². The number of aromatic nitrogens is 3. The number of halogens is 3. The maximum absolute atomic E-state index is 6.41. The van der Waals surface area contributed by atoms with Crippen molar-refractivity contribution in [3.63, 3.8) is 0 Å². The van der Waals surface area contributed by atoms with E-state index >= 15 is 0 Å². The second-order valence-corrected chi connectivity index (χ2v) is 7.11. The Balaban J connectivity index is 1.83. The van der Waals surface area contributed by atoms with E-state index in [0.29, 0.717) is 16.0 Å². The highest BCUT2D eigenvalue weighted by molar-refractivity contribution is 9.10. The highest BCUT2D eigenvalue weighted by Crippen LogP contribution is 2.36. The molecule has 7 heteroatoms. The molecule has 1 N–H and O–H groups in total. The monoisotopic (exact) mass is 420 g/mol. The van der Waals surface area contributed by atoms with E-state index < -0.39 is 0 Å². The molecule has 1 aliphatic heterocycles. The minimum absolute atomic E-state index is 0.160. The smallest absolute Gasteiger partial charge is 0.226 e. The first-order chi connectivity index (χ1) is 11.6. The van der Waals surface area contributed by atoms with Crippen LogP contribution in [0.5, 0.6) is 0 Å². The van der Waals surface area contributed by atoms with Crippen LogP contribution in [0.3, 0.4) is 0 Å². The zero-order chi connectivity index (χ0) is 16.7. The number of allylic oxidation sites excluding steroid dienone is 1. The molecule has 24 heavy (non-hydrogen) atoms. The van der Waals surface area contributed by atoms with Gasteiger partial charge in [-0.3, -0.25) is 0 Å². The van der Waals surface area contributed by atoms with E-state index in [9.17, 15) is 0 Å². The maximum atomic E-state index is 6.41. The molecule has 0 radical (unpaired) electrons. The molecule has 1 aliphatic rings. The van der Waals surface area contributed by atoms with Crippen LogP contribution in [0, 0.1) is 0 Å². The van der Waals surface area contributed by atoms with Crippen molar-refractivity contribution in [2.75, 3.05) is 5.32 Å². The number of benzene rings is 2. The summed E-state index contributed by atoms with van der Waals surface area (Å²) in [5.41, 5.74) is 2.94. The summed E-state index contributed by atoms with van der Waals surface area (Å²) in [4.78, 5) is 4.29. The molecule has 2 aromatic carbocycles. The quantitative estimate of drug-likeness (QED) is 0.602. The number of fused-ring (bicyclic) bond motifs is 1. The number of anilines is 1. The van der Waals surface area contributed by atoms with Gasteiger partial charge >= 0.3 is 0 Å². The van der Waals surface area contributed by atoms with Gasteiger partial charge in [0, 0.05) is 20.2 Å². The van der Waals surface area contributed by atoms with Crippen molar-refractivity contribution in [1.29, 1.82) is 0 Å². The molecule has 0 saturated heterocycles. The maximum Gasteiger partial charge on any atom is 0.226 e. The van der Waals surface area contributed by atoms with Gasteiger partial charge in [-0.05, 0) is 41.5 Å². The van der Waals surface area contributed by atoms with Gasteiger partial charge in [-0.15, -0.1) is 0 Å². The molecule has 0 fully saturated rings. The topological polar surface area (TPSA) is 42.7 Å². The van der Waals surface area contributed by atoms with Crippen molar-refractivity contribution < 1.29 is 0 Å². The molecule has 0 unspecified atom stereocenters. The predicted molar refractivity (Wildman–Crippen MR) is 100 cm³/mol. The van der Waals surface area contributed by atoms with Crippen LogP contribution in [0.25, 0.3) is 5.70 Å². The van der Waals surface area contributed by atoms with Crippen molar-refractivity contribution in [1.82, 2.24) is 14.8 Å². The van der Waals surface area contributed by atoms with Crippen LogP contribution < -0.4 is 5.32 Å². The van der Waals surface area contributed by atoms with Crippen LogP contribution >= 0.6 is 39.1 Å². The van der Waals surface area contributed by atoms with E-state index in [-0.39, 0.29) is 6.04 Å². The third-order valence-electron chi connectivity index (χ3n) is 3.84. The summed E-state index contributed by atoms with van der Waals surface area (Å²) >= 11 is 15.9. The fourth-order valence-electron chi connectivity index (χ4n) is 2.69. The van der Waals surface area contributed by atoms with Gasteiger partial charge in [-0.25, -0.2) is 4.68 Å². The van der Waals surface area contributed by atoms with Crippen LogP contribution in [0.4, 0.5) is 5.95 Å². The molecule has 0 aliphatic carbocycles.